The van der Waals surface area contributed by atoms with Gasteiger partial charge in [0.2, 0.25) is 0 Å². The molecular weight excluding hydrogens is 244 g/mol. The second kappa shape index (κ2) is 6.78. The number of rotatable bonds is 5. The van der Waals surface area contributed by atoms with Crippen LogP contribution in [-0.2, 0) is 4.79 Å². The van der Waals surface area contributed by atoms with Crippen molar-refractivity contribution in [1.29, 1.82) is 0 Å². The lowest BCUT2D eigenvalue weighted by Crippen LogP contribution is -2.39. The molecule has 0 aliphatic carbocycles. The zero-order valence-corrected chi connectivity index (χ0v) is 11.6. The minimum Gasteiger partial charge on any atom is -0.480 e. The highest BCUT2D eigenvalue weighted by Crippen LogP contribution is 2.18. The van der Waals surface area contributed by atoms with Crippen molar-refractivity contribution in [2.75, 3.05) is 18.4 Å². The van der Waals surface area contributed by atoms with E-state index in [4.69, 9.17) is 5.11 Å². The third-order valence-electron chi connectivity index (χ3n) is 2.95. The minimum atomic E-state index is -1.01. The molecule has 0 fully saturated rings. The van der Waals surface area contributed by atoms with E-state index in [2.05, 4.69) is 5.32 Å². The van der Waals surface area contributed by atoms with Crippen molar-refractivity contribution in [3.05, 3.63) is 29.3 Å². The predicted molar refractivity (Wildman–Crippen MR) is 74.4 cm³/mol. The molecule has 1 aromatic rings. The Labute approximate surface area is 113 Å². The van der Waals surface area contributed by atoms with Crippen LogP contribution in [0.3, 0.4) is 0 Å². The highest BCUT2D eigenvalue weighted by Gasteiger charge is 2.16. The van der Waals surface area contributed by atoms with Crippen LogP contribution in [0.4, 0.5) is 10.5 Å². The first kappa shape index (κ1) is 15.0. The summed E-state index contributed by atoms with van der Waals surface area (Å²) < 4.78 is 0. The second-order valence-corrected chi connectivity index (χ2v) is 4.49. The number of aliphatic carboxylic acids is 1. The number of urea groups is 1. The maximum atomic E-state index is 12.1. The molecule has 0 spiro atoms. The van der Waals surface area contributed by atoms with E-state index in [1.165, 1.54) is 4.90 Å². The summed E-state index contributed by atoms with van der Waals surface area (Å²) in [7, 11) is 0. The maximum Gasteiger partial charge on any atom is 0.323 e. The fourth-order valence-corrected chi connectivity index (χ4v) is 1.77. The maximum absolute atomic E-state index is 12.1. The summed E-state index contributed by atoms with van der Waals surface area (Å²) in [4.78, 5) is 24.1. The average molecular weight is 264 g/mol. The van der Waals surface area contributed by atoms with Crippen LogP contribution in [0.25, 0.3) is 0 Å². The van der Waals surface area contributed by atoms with Gasteiger partial charge >= 0.3 is 12.0 Å². The van der Waals surface area contributed by atoms with Gasteiger partial charge in [0.05, 0.1) is 0 Å². The van der Waals surface area contributed by atoms with Gasteiger partial charge in [0, 0.05) is 12.2 Å². The Morgan fingerprint density at radius 3 is 2.58 bits per heavy atom. The Morgan fingerprint density at radius 1 is 1.32 bits per heavy atom. The number of hydrogen-bond acceptors (Lipinski definition) is 2. The van der Waals surface area contributed by atoms with Crippen LogP contribution in [0.5, 0.6) is 0 Å². The quantitative estimate of drug-likeness (QED) is 0.859. The fraction of sp³-hybridized carbons (Fsp3) is 0.429. The van der Waals surface area contributed by atoms with E-state index in [0.29, 0.717) is 13.0 Å². The normalized spacial score (nSPS) is 10.1. The highest BCUT2D eigenvalue weighted by atomic mass is 16.4. The zero-order valence-electron chi connectivity index (χ0n) is 11.6. The molecule has 0 unspecified atom stereocenters. The van der Waals surface area contributed by atoms with E-state index in [0.717, 1.165) is 16.8 Å². The summed E-state index contributed by atoms with van der Waals surface area (Å²) in [5.74, 6) is -1.01. The first-order chi connectivity index (χ1) is 8.95. The lowest BCUT2D eigenvalue weighted by atomic mass is 10.1. The van der Waals surface area contributed by atoms with Crippen molar-refractivity contribution in [3.8, 4) is 0 Å². The lowest BCUT2D eigenvalue weighted by Gasteiger charge is -2.21. The molecule has 0 radical (unpaired) electrons. The molecule has 2 amide bonds. The van der Waals surface area contributed by atoms with Crippen molar-refractivity contribution in [2.24, 2.45) is 0 Å². The molecule has 2 N–H and O–H groups in total. The van der Waals surface area contributed by atoms with Crippen LogP contribution in [0.1, 0.15) is 24.5 Å². The van der Waals surface area contributed by atoms with Gasteiger partial charge in [-0.25, -0.2) is 4.79 Å². The van der Waals surface area contributed by atoms with Crippen LogP contribution in [0, 0.1) is 13.8 Å². The molecule has 0 aliphatic heterocycles. The van der Waals surface area contributed by atoms with Crippen LogP contribution in [-0.4, -0.2) is 35.1 Å². The van der Waals surface area contributed by atoms with Crippen LogP contribution in [0.15, 0.2) is 18.2 Å². The number of carbonyl (C=O) groups excluding carboxylic acids is 1. The number of carbonyl (C=O) groups is 2. The molecule has 5 heteroatoms. The fourth-order valence-electron chi connectivity index (χ4n) is 1.77. The van der Waals surface area contributed by atoms with Crippen molar-refractivity contribution in [3.63, 3.8) is 0 Å². The number of nitrogens with zero attached hydrogens (tertiary/aromatic N) is 1. The highest BCUT2D eigenvalue weighted by molar-refractivity contribution is 5.92. The van der Waals surface area contributed by atoms with Gasteiger partial charge in [-0.3, -0.25) is 4.79 Å². The molecule has 0 aromatic heterocycles. The van der Waals surface area contributed by atoms with Crippen LogP contribution in [0.2, 0.25) is 0 Å². The summed E-state index contributed by atoms with van der Waals surface area (Å²) in [6.45, 7) is 5.92. The molecule has 0 aliphatic rings. The summed E-state index contributed by atoms with van der Waals surface area (Å²) >= 11 is 0. The van der Waals surface area contributed by atoms with Crippen LogP contribution < -0.4 is 5.32 Å². The van der Waals surface area contributed by atoms with Crippen LogP contribution >= 0.6 is 0 Å². The van der Waals surface area contributed by atoms with E-state index in [-0.39, 0.29) is 12.6 Å². The number of amides is 2. The average Bonchev–Trinajstić information content (AvgIpc) is 2.34. The molecule has 1 aromatic carbocycles. The SMILES string of the molecule is CCCN(CC(=O)O)C(=O)Nc1cccc(C)c1C. The van der Waals surface area contributed by atoms with E-state index in [9.17, 15) is 9.59 Å². The van der Waals surface area contributed by atoms with Gasteiger partial charge in [-0.2, -0.15) is 0 Å². The number of benzene rings is 1. The van der Waals surface area contributed by atoms with Gasteiger partial charge in [0.1, 0.15) is 6.54 Å². The summed E-state index contributed by atoms with van der Waals surface area (Å²) in [6.07, 6.45) is 0.716. The number of nitrogens with one attached hydrogen (secondary N) is 1. The Bertz CT molecular complexity index is 472. The topological polar surface area (TPSA) is 69.6 Å². The summed E-state index contributed by atoms with van der Waals surface area (Å²) in [5.41, 5.74) is 2.79. The Morgan fingerprint density at radius 2 is 2.00 bits per heavy atom. The number of carboxylic acids is 1. The number of anilines is 1. The third kappa shape index (κ3) is 4.28. The van der Waals surface area contributed by atoms with Crippen molar-refractivity contribution >= 4 is 17.7 Å². The van der Waals surface area contributed by atoms with Gasteiger partial charge < -0.3 is 15.3 Å². The predicted octanol–water partition coefficient (Wildman–Crippen LogP) is 2.63. The molecule has 5 nitrogen and oxygen atoms in total. The van der Waals surface area contributed by atoms with Gasteiger partial charge in [-0.1, -0.05) is 19.1 Å². The molecule has 104 valence electrons. The molecular formula is C14H20N2O3. The molecule has 0 heterocycles. The zero-order chi connectivity index (χ0) is 14.4. The molecule has 0 atom stereocenters. The second-order valence-electron chi connectivity index (χ2n) is 4.49. The van der Waals surface area contributed by atoms with E-state index >= 15 is 0 Å². The number of hydrogen-bond donors (Lipinski definition) is 2. The number of carboxylic acid groups (broad SMARTS) is 1. The van der Waals surface area contributed by atoms with Gasteiger partial charge in [0.25, 0.3) is 0 Å². The van der Waals surface area contributed by atoms with E-state index in [1.807, 2.05) is 39.0 Å². The molecule has 0 saturated carbocycles. The van der Waals surface area contributed by atoms with Crippen molar-refractivity contribution in [2.45, 2.75) is 27.2 Å². The first-order valence-corrected chi connectivity index (χ1v) is 6.29. The van der Waals surface area contributed by atoms with Gasteiger partial charge in [-0.05, 0) is 37.5 Å². The van der Waals surface area contributed by atoms with E-state index < -0.39 is 5.97 Å². The lowest BCUT2D eigenvalue weighted by molar-refractivity contribution is -0.137. The van der Waals surface area contributed by atoms with Crippen molar-refractivity contribution < 1.29 is 14.7 Å². The van der Waals surface area contributed by atoms with Gasteiger partial charge in [0.15, 0.2) is 0 Å². The van der Waals surface area contributed by atoms with Crippen molar-refractivity contribution in [1.82, 2.24) is 4.90 Å². The Balaban J connectivity index is 2.81. The van der Waals surface area contributed by atoms with Gasteiger partial charge in [-0.15, -0.1) is 0 Å². The molecule has 0 saturated heterocycles. The Hall–Kier alpha value is -2.04. The third-order valence-corrected chi connectivity index (χ3v) is 2.95. The smallest absolute Gasteiger partial charge is 0.323 e. The summed E-state index contributed by atoms with van der Waals surface area (Å²) in [5, 5.41) is 11.6. The first-order valence-electron chi connectivity index (χ1n) is 6.29. The Kier molecular flexibility index (Phi) is 5.36. The van der Waals surface area contributed by atoms with E-state index in [1.54, 1.807) is 0 Å². The minimum absolute atomic E-state index is 0.287. The molecule has 1 rings (SSSR count). The summed E-state index contributed by atoms with van der Waals surface area (Å²) in [6, 6.07) is 5.26. The largest absolute Gasteiger partial charge is 0.480 e. The molecule has 0 bridgehead atoms. The standard InChI is InChI=1S/C14H20N2O3/c1-4-8-16(9-13(17)18)14(19)15-12-7-5-6-10(2)11(12)3/h5-7H,4,8-9H2,1-3H3,(H,15,19)(H,17,18). The monoisotopic (exact) mass is 264 g/mol. The number of aryl methyl sites for hydroxylation is 1. The molecule has 19 heavy (non-hydrogen) atoms.